The summed E-state index contributed by atoms with van der Waals surface area (Å²) < 4.78 is 5.18. The van der Waals surface area contributed by atoms with Gasteiger partial charge in [0.25, 0.3) is 0 Å². The van der Waals surface area contributed by atoms with Crippen LogP contribution in [0.5, 0.6) is 0 Å². The zero-order valence-corrected chi connectivity index (χ0v) is 14.0. The largest absolute Gasteiger partial charge is 0.463 e. The number of aliphatic hydroxyl groups is 2. The van der Waals surface area contributed by atoms with Gasteiger partial charge in [0, 0.05) is 0 Å². The molecule has 0 aromatic carbocycles. The highest BCUT2D eigenvalue weighted by Gasteiger charge is 2.53. The van der Waals surface area contributed by atoms with Crippen molar-refractivity contribution < 1.29 is 19.7 Å². The highest BCUT2D eigenvalue weighted by molar-refractivity contribution is 5.78. The molecule has 4 heteroatoms. The summed E-state index contributed by atoms with van der Waals surface area (Å²) in [6, 6.07) is 0. The van der Waals surface area contributed by atoms with Gasteiger partial charge in [0.05, 0.1) is 18.6 Å². The Balaban J connectivity index is 5.56. The fourth-order valence-electron chi connectivity index (χ4n) is 2.48. The monoisotopic (exact) mass is 288 g/mol. The molecule has 0 fully saturated rings. The minimum absolute atomic E-state index is 0.0209. The van der Waals surface area contributed by atoms with Crippen LogP contribution in [0.2, 0.25) is 0 Å². The number of hydrogen-bond donors (Lipinski definition) is 2. The van der Waals surface area contributed by atoms with Crippen LogP contribution >= 0.6 is 0 Å². The van der Waals surface area contributed by atoms with Gasteiger partial charge in [-0.15, -0.1) is 0 Å². The van der Waals surface area contributed by atoms with Crippen LogP contribution in [-0.2, 0) is 9.53 Å². The molecule has 20 heavy (non-hydrogen) atoms. The third-order valence-electron chi connectivity index (χ3n) is 4.90. The molecule has 0 rings (SSSR count). The maximum atomic E-state index is 12.6. The van der Waals surface area contributed by atoms with Crippen molar-refractivity contribution in [1.29, 1.82) is 0 Å². The van der Waals surface area contributed by atoms with Gasteiger partial charge in [-0.05, 0) is 23.7 Å². The predicted molar refractivity (Wildman–Crippen MR) is 80.3 cm³/mol. The number of esters is 1. The molecule has 0 aliphatic heterocycles. The number of rotatable bonds is 9. The minimum atomic E-state index is -0.934. The molecule has 120 valence electrons. The molecular formula is C16H32O4. The van der Waals surface area contributed by atoms with Crippen LogP contribution < -0.4 is 0 Å². The average Bonchev–Trinajstić information content (AvgIpc) is 2.41. The van der Waals surface area contributed by atoms with Crippen LogP contribution in [0, 0.1) is 16.2 Å². The van der Waals surface area contributed by atoms with Crippen LogP contribution in [-0.4, -0.2) is 36.0 Å². The Morgan fingerprint density at radius 1 is 1.05 bits per heavy atom. The van der Waals surface area contributed by atoms with E-state index in [-0.39, 0.29) is 30.7 Å². The molecular weight excluding hydrogens is 256 g/mol. The first kappa shape index (κ1) is 19.4. The van der Waals surface area contributed by atoms with Crippen LogP contribution in [0.1, 0.15) is 60.8 Å². The van der Waals surface area contributed by atoms with Crippen molar-refractivity contribution in [3.05, 3.63) is 0 Å². The van der Waals surface area contributed by atoms with E-state index in [1.165, 1.54) is 0 Å². The fraction of sp³-hybridized carbons (Fsp3) is 0.938. The molecule has 0 saturated carbocycles. The normalized spacial score (nSPS) is 15.8. The first-order valence-electron chi connectivity index (χ1n) is 7.51. The molecule has 0 radical (unpaired) electrons. The van der Waals surface area contributed by atoms with Gasteiger partial charge in [-0.25, -0.2) is 0 Å². The van der Waals surface area contributed by atoms with E-state index in [1.807, 2.05) is 20.8 Å². The SMILES string of the molecule is CCC(C)(C)CC(CO)(C(=O)OCCO)C(C)(C)CC. The van der Waals surface area contributed by atoms with Gasteiger partial charge in [-0.3, -0.25) is 4.79 Å². The van der Waals surface area contributed by atoms with Crippen molar-refractivity contribution in [2.75, 3.05) is 19.8 Å². The Hall–Kier alpha value is -0.610. The van der Waals surface area contributed by atoms with Gasteiger partial charge in [-0.2, -0.15) is 0 Å². The van der Waals surface area contributed by atoms with E-state index in [0.29, 0.717) is 6.42 Å². The van der Waals surface area contributed by atoms with Crippen molar-refractivity contribution in [3.63, 3.8) is 0 Å². The summed E-state index contributed by atoms with van der Waals surface area (Å²) in [5, 5.41) is 18.9. The Kier molecular flexibility index (Phi) is 7.19. The second-order valence-corrected chi connectivity index (χ2v) is 7.03. The zero-order chi connectivity index (χ0) is 16.0. The summed E-state index contributed by atoms with van der Waals surface area (Å²) in [6.07, 6.45) is 2.25. The quantitative estimate of drug-likeness (QED) is 0.640. The van der Waals surface area contributed by atoms with Gasteiger partial charge in [0.1, 0.15) is 6.61 Å². The Labute approximate surface area is 123 Å². The third-order valence-corrected chi connectivity index (χ3v) is 4.90. The maximum absolute atomic E-state index is 12.6. The van der Waals surface area contributed by atoms with E-state index in [4.69, 9.17) is 9.84 Å². The number of carbonyl (C=O) groups is 1. The lowest BCUT2D eigenvalue weighted by atomic mass is 9.58. The van der Waals surface area contributed by atoms with Crippen LogP contribution in [0.4, 0.5) is 0 Å². The van der Waals surface area contributed by atoms with Crippen molar-refractivity contribution in [2.45, 2.75) is 60.8 Å². The topological polar surface area (TPSA) is 66.8 Å². The number of carbonyl (C=O) groups excluding carboxylic acids is 1. The van der Waals surface area contributed by atoms with E-state index in [0.717, 1.165) is 12.8 Å². The summed E-state index contributed by atoms with van der Waals surface area (Å²) in [5.41, 5.74) is -1.37. The summed E-state index contributed by atoms with van der Waals surface area (Å²) >= 11 is 0. The van der Waals surface area contributed by atoms with Crippen molar-refractivity contribution >= 4 is 5.97 Å². The number of hydrogen-bond acceptors (Lipinski definition) is 4. The first-order chi connectivity index (χ1) is 9.12. The average molecular weight is 288 g/mol. The molecule has 1 atom stereocenters. The minimum Gasteiger partial charge on any atom is -0.463 e. The molecule has 4 nitrogen and oxygen atoms in total. The van der Waals surface area contributed by atoms with E-state index in [2.05, 4.69) is 20.8 Å². The molecule has 0 aliphatic carbocycles. The van der Waals surface area contributed by atoms with Crippen LogP contribution in [0.25, 0.3) is 0 Å². The summed E-state index contributed by atoms with van der Waals surface area (Å²) in [6.45, 7) is 11.8. The third kappa shape index (κ3) is 4.19. The molecule has 0 bridgehead atoms. The molecule has 1 unspecified atom stereocenters. The van der Waals surface area contributed by atoms with E-state index >= 15 is 0 Å². The van der Waals surface area contributed by atoms with E-state index < -0.39 is 11.4 Å². The molecule has 0 spiro atoms. The van der Waals surface area contributed by atoms with Gasteiger partial charge in [-0.1, -0.05) is 48.0 Å². The predicted octanol–water partition coefficient (Wildman–Crippen LogP) is 2.76. The molecule has 2 N–H and O–H groups in total. The fourth-order valence-corrected chi connectivity index (χ4v) is 2.48. The molecule has 0 aromatic rings. The number of ether oxygens (including phenoxy) is 1. The van der Waals surface area contributed by atoms with Crippen molar-refractivity contribution in [1.82, 2.24) is 0 Å². The second kappa shape index (κ2) is 7.41. The smallest absolute Gasteiger partial charge is 0.315 e. The molecule has 0 saturated heterocycles. The van der Waals surface area contributed by atoms with E-state index in [1.54, 1.807) is 0 Å². The van der Waals surface area contributed by atoms with Crippen molar-refractivity contribution in [2.24, 2.45) is 16.2 Å². The van der Waals surface area contributed by atoms with Gasteiger partial charge in [0.2, 0.25) is 0 Å². The summed E-state index contributed by atoms with van der Waals surface area (Å²) in [5.74, 6) is -0.401. The highest BCUT2D eigenvalue weighted by atomic mass is 16.5. The maximum Gasteiger partial charge on any atom is 0.315 e. The lowest BCUT2D eigenvalue weighted by molar-refractivity contribution is -0.174. The van der Waals surface area contributed by atoms with Crippen LogP contribution in [0.15, 0.2) is 0 Å². The molecule has 0 aromatic heterocycles. The van der Waals surface area contributed by atoms with Gasteiger partial charge in [0.15, 0.2) is 0 Å². The second-order valence-electron chi connectivity index (χ2n) is 7.03. The van der Waals surface area contributed by atoms with Gasteiger partial charge >= 0.3 is 5.97 Å². The summed E-state index contributed by atoms with van der Waals surface area (Å²) in [4.78, 5) is 12.6. The lowest BCUT2D eigenvalue weighted by Gasteiger charge is -2.47. The zero-order valence-electron chi connectivity index (χ0n) is 14.0. The van der Waals surface area contributed by atoms with Gasteiger partial charge < -0.3 is 14.9 Å². The molecule has 0 heterocycles. The molecule has 0 aliphatic rings. The molecule has 0 amide bonds. The van der Waals surface area contributed by atoms with E-state index in [9.17, 15) is 9.90 Å². The first-order valence-corrected chi connectivity index (χ1v) is 7.51. The lowest BCUT2D eigenvalue weighted by Crippen LogP contribution is -2.51. The standard InChI is InChI=1S/C16H32O4/c1-7-14(3,4)11-16(12-18,15(5,6)8-2)13(19)20-10-9-17/h17-18H,7-12H2,1-6H3. The number of aliphatic hydroxyl groups excluding tert-OH is 2. The van der Waals surface area contributed by atoms with Crippen LogP contribution in [0.3, 0.4) is 0 Å². The Morgan fingerprint density at radius 2 is 1.60 bits per heavy atom. The Bertz CT molecular complexity index is 310. The Morgan fingerprint density at radius 3 is 1.95 bits per heavy atom. The highest BCUT2D eigenvalue weighted by Crippen LogP contribution is 2.50. The summed E-state index contributed by atoms with van der Waals surface area (Å²) in [7, 11) is 0. The van der Waals surface area contributed by atoms with Crippen molar-refractivity contribution in [3.8, 4) is 0 Å².